The molecule has 1 aromatic rings. The second-order valence-corrected chi connectivity index (χ2v) is 3.92. The minimum atomic E-state index is -0.309. The maximum absolute atomic E-state index is 9.67. The molecule has 0 saturated heterocycles. The van der Waals surface area contributed by atoms with Crippen LogP contribution in [0.3, 0.4) is 0 Å². The summed E-state index contributed by atoms with van der Waals surface area (Å²) in [5.74, 6) is 0.237. The molecule has 0 unspecified atom stereocenters. The molecule has 5 N–H and O–H groups in total. The first-order valence-corrected chi connectivity index (χ1v) is 4.80. The highest BCUT2D eigenvalue weighted by Crippen LogP contribution is 2.29. The molecule has 72 valence electrons. The van der Waals surface area contributed by atoms with Gasteiger partial charge in [-0.3, -0.25) is 0 Å². The Balaban J connectivity index is 3.20. The Bertz CT molecular complexity index is 315. The molecule has 1 atom stereocenters. The Morgan fingerprint density at radius 1 is 1.54 bits per heavy atom. The summed E-state index contributed by atoms with van der Waals surface area (Å²) in [7, 11) is 0. The summed E-state index contributed by atoms with van der Waals surface area (Å²) in [6.07, 6.45) is 0. The molecule has 1 aromatic carbocycles. The highest BCUT2D eigenvalue weighted by Gasteiger charge is 2.11. The van der Waals surface area contributed by atoms with Crippen molar-refractivity contribution >= 4 is 15.9 Å². The molecule has 0 amide bonds. The summed E-state index contributed by atoms with van der Waals surface area (Å²) in [6, 6.07) is 3.32. The minimum Gasteiger partial charge on any atom is -0.507 e. The van der Waals surface area contributed by atoms with Gasteiger partial charge in [-0.25, -0.2) is 0 Å². The van der Waals surface area contributed by atoms with Crippen molar-refractivity contribution in [2.45, 2.75) is 13.0 Å². The second kappa shape index (κ2) is 4.09. The predicted molar refractivity (Wildman–Crippen MR) is 56.5 cm³/mol. The van der Waals surface area contributed by atoms with Gasteiger partial charge in [0, 0.05) is 22.6 Å². The lowest BCUT2D eigenvalue weighted by Gasteiger charge is -2.13. The molecule has 3 nitrogen and oxygen atoms in total. The van der Waals surface area contributed by atoms with Crippen LogP contribution in [-0.4, -0.2) is 11.7 Å². The molecule has 0 spiro atoms. The Kier molecular flexibility index (Phi) is 3.30. The van der Waals surface area contributed by atoms with Crippen molar-refractivity contribution in [3.63, 3.8) is 0 Å². The highest BCUT2D eigenvalue weighted by molar-refractivity contribution is 9.10. The molecule has 0 fully saturated rings. The average molecular weight is 245 g/mol. The first-order valence-electron chi connectivity index (χ1n) is 4.01. The number of phenolic OH excluding ortho intramolecular Hbond substituents is 1. The zero-order chi connectivity index (χ0) is 10.0. The van der Waals surface area contributed by atoms with Gasteiger partial charge in [-0.1, -0.05) is 15.9 Å². The topological polar surface area (TPSA) is 72.3 Å². The van der Waals surface area contributed by atoms with E-state index in [0.29, 0.717) is 12.1 Å². The molecule has 13 heavy (non-hydrogen) atoms. The number of phenols is 1. The van der Waals surface area contributed by atoms with Crippen LogP contribution < -0.4 is 11.5 Å². The number of hydrogen-bond acceptors (Lipinski definition) is 3. The zero-order valence-corrected chi connectivity index (χ0v) is 9.01. The fourth-order valence-electron chi connectivity index (χ4n) is 1.17. The highest BCUT2D eigenvalue weighted by atomic mass is 79.9. The van der Waals surface area contributed by atoms with E-state index in [1.807, 2.05) is 13.0 Å². The Morgan fingerprint density at radius 3 is 2.69 bits per heavy atom. The summed E-state index contributed by atoms with van der Waals surface area (Å²) < 4.78 is 0.904. The molecule has 0 aromatic heterocycles. The fraction of sp³-hybridized carbons (Fsp3) is 0.333. The van der Waals surface area contributed by atoms with Crippen LogP contribution in [0.5, 0.6) is 5.75 Å². The lowest BCUT2D eigenvalue weighted by molar-refractivity contribution is 0.457. The van der Waals surface area contributed by atoms with Gasteiger partial charge in [-0.2, -0.15) is 0 Å². The van der Waals surface area contributed by atoms with Gasteiger partial charge in [0.1, 0.15) is 5.75 Å². The zero-order valence-electron chi connectivity index (χ0n) is 7.42. The van der Waals surface area contributed by atoms with E-state index >= 15 is 0 Å². The van der Waals surface area contributed by atoms with Gasteiger partial charge in [-0.05, 0) is 24.6 Å². The maximum atomic E-state index is 9.67. The van der Waals surface area contributed by atoms with Gasteiger partial charge >= 0.3 is 0 Å². The summed E-state index contributed by atoms with van der Waals surface area (Å²) >= 11 is 3.34. The number of hydrogen-bond donors (Lipinski definition) is 3. The van der Waals surface area contributed by atoms with Gasteiger partial charge in [0.2, 0.25) is 0 Å². The van der Waals surface area contributed by atoms with Crippen LogP contribution in [0, 0.1) is 6.92 Å². The normalized spacial score (nSPS) is 12.9. The molecular weight excluding hydrogens is 232 g/mol. The third kappa shape index (κ3) is 2.21. The van der Waals surface area contributed by atoms with E-state index in [4.69, 9.17) is 11.5 Å². The van der Waals surface area contributed by atoms with Crippen molar-refractivity contribution in [2.24, 2.45) is 11.5 Å². The smallest absolute Gasteiger partial charge is 0.123 e. The van der Waals surface area contributed by atoms with Gasteiger partial charge < -0.3 is 16.6 Å². The van der Waals surface area contributed by atoms with Crippen molar-refractivity contribution in [3.05, 3.63) is 27.7 Å². The SMILES string of the molecule is Cc1cc(Br)cc([C@@H](N)CN)c1O. The Morgan fingerprint density at radius 2 is 2.15 bits per heavy atom. The number of aryl methyl sites for hydroxylation is 1. The largest absolute Gasteiger partial charge is 0.507 e. The fourth-order valence-corrected chi connectivity index (χ4v) is 1.76. The number of halogens is 1. The summed E-state index contributed by atoms with van der Waals surface area (Å²) in [5.41, 5.74) is 12.6. The van der Waals surface area contributed by atoms with Crippen LogP contribution in [0.4, 0.5) is 0 Å². The minimum absolute atomic E-state index is 0.237. The third-order valence-electron chi connectivity index (χ3n) is 1.95. The van der Waals surface area contributed by atoms with Crippen molar-refractivity contribution in [2.75, 3.05) is 6.54 Å². The van der Waals surface area contributed by atoms with E-state index in [2.05, 4.69) is 15.9 Å². The molecule has 0 radical (unpaired) electrons. The van der Waals surface area contributed by atoms with Crippen LogP contribution in [-0.2, 0) is 0 Å². The molecule has 1 rings (SSSR count). The molecule has 0 aliphatic heterocycles. The number of nitrogens with two attached hydrogens (primary N) is 2. The van der Waals surface area contributed by atoms with Crippen LogP contribution in [0.15, 0.2) is 16.6 Å². The predicted octanol–water partition coefficient (Wildman–Crippen LogP) is 1.42. The Hall–Kier alpha value is -0.580. The molecular formula is C9H13BrN2O. The summed E-state index contributed by atoms with van der Waals surface area (Å²) in [5, 5.41) is 9.67. The van der Waals surface area contributed by atoms with Crippen molar-refractivity contribution in [1.82, 2.24) is 0 Å². The Labute approximate surface area is 85.9 Å². The third-order valence-corrected chi connectivity index (χ3v) is 2.41. The monoisotopic (exact) mass is 244 g/mol. The van der Waals surface area contributed by atoms with Crippen LogP contribution in [0.1, 0.15) is 17.2 Å². The molecule has 0 aliphatic rings. The average Bonchev–Trinajstić information content (AvgIpc) is 2.10. The standard InChI is InChI=1S/C9H13BrN2O/c1-5-2-6(10)3-7(9(5)13)8(12)4-11/h2-3,8,13H,4,11-12H2,1H3/t8-/m0/s1. The summed E-state index contributed by atoms with van der Waals surface area (Å²) in [4.78, 5) is 0. The van der Waals surface area contributed by atoms with E-state index in [9.17, 15) is 5.11 Å². The van der Waals surface area contributed by atoms with E-state index in [-0.39, 0.29) is 11.8 Å². The van der Waals surface area contributed by atoms with Gasteiger partial charge in [0.15, 0.2) is 0 Å². The van der Waals surface area contributed by atoms with E-state index in [0.717, 1.165) is 10.0 Å². The van der Waals surface area contributed by atoms with E-state index < -0.39 is 0 Å². The molecule has 0 bridgehead atoms. The lowest BCUT2D eigenvalue weighted by Crippen LogP contribution is -2.21. The first-order chi connectivity index (χ1) is 6.06. The second-order valence-electron chi connectivity index (χ2n) is 3.00. The van der Waals surface area contributed by atoms with Crippen molar-refractivity contribution in [3.8, 4) is 5.75 Å². The van der Waals surface area contributed by atoms with Crippen molar-refractivity contribution < 1.29 is 5.11 Å². The molecule has 0 saturated carbocycles. The van der Waals surface area contributed by atoms with Crippen LogP contribution >= 0.6 is 15.9 Å². The van der Waals surface area contributed by atoms with E-state index in [1.165, 1.54) is 0 Å². The van der Waals surface area contributed by atoms with Gasteiger partial charge in [0.25, 0.3) is 0 Å². The summed E-state index contributed by atoms with van der Waals surface area (Å²) in [6.45, 7) is 2.15. The van der Waals surface area contributed by atoms with Crippen LogP contribution in [0.2, 0.25) is 0 Å². The maximum Gasteiger partial charge on any atom is 0.123 e. The lowest BCUT2D eigenvalue weighted by atomic mass is 10.0. The first kappa shape index (κ1) is 10.5. The number of aromatic hydroxyl groups is 1. The molecule has 0 aliphatic carbocycles. The van der Waals surface area contributed by atoms with Crippen LogP contribution in [0.25, 0.3) is 0 Å². The number of benzene rings is 1. The van der Waals surface area contributed by atoms with Gasteiger partial charge in [-0.15, -0.1) is 0 Å². The van der Waals surface area contributed by atoms with Gasteiger partial charge in [0.05, 0.1) is 0 Å². The van der Waals surface area contributed by atoms with Crippen molar-refractivity contribution in [1.29, 1.82) is 0 Å². The molecule has 0 heterocycles. The van der Waals surface area contributed by atoms with E-state index in [1.54, 1.807) is 6.07 Å². The number of rotatable bonds is 2. The quantitative estimate of drug-likeness (QED) is 0.737. The molecule has 4 heteroatoms.